The summed E-state index contributed by atoms with van der Waals surface area (Å²) in [4.78, 5) is 0. The van der Waals surface area contributed by atoms with Crippen LogP contribution in [0.25, 0.3) is 0 Å². The predicted octanol–water partition coefficient (Wildman–Crippen LogP) is 3.92. The van der Waals surface area contributed by atoms with Crippen molar-refractivity contribution < 1.29 is 4.74 Å². The molecule has 0 bridgehead atoms. The molecule has 1 aromatic rings. The van der Waals surface area contributed by atoms with Gasteiger partial charge in [0.25, 0.3) is 0 Å². The fourth-order valence-corrected chi connectivity index (χ4v) is 2.17. The minimum Gasteiger partial charge on any atom is -0.370 e. The van der Waals surface area contributed by atoms with Gasteiger partial charge in [-0.1, -0.05) is 45.0 Å². The van der Waals surface area contributed by atoms with Crippen molar-refractivity contribution in [3.8, 4) is 0 Å². The molecule has 88 valence electrons. The quantitative estimate of drug-likeness (QED) is 0.682. The van der Waals surface area contributed by atoms with E-state index < -0.39 is 0 Å². The number of hydrogen-bond donors (Lipinski definition) is 0. The van der Waals surface area contributed by atoms with Gasteiger partial charge in [0.1, 0.15) is 0 Å². The van der Waals surface area contributed by atoms with Gasteiger partial charge in [-0.2, -0.15) is 0 Å². The first-order valence-electron chi connectivity index (χ1n) is 6.45. The lowest BCUT2D eigenvalue weighted by atomic mass is 9.99. The molecule has 16 heavy (non-hydrogen) atoms. The van der Waals surface area contributed by atoms with Gasteiger partial charge in [0.2, 0.25) is 0 Å². The van der Waals surface area contributed by atoms with Crippen molar-refractivity contribution in [2.75, 3.05) is 0 Å². The Hall–Kier alpha value is -0.820. The predicted molar refractivity (Wildman–Crippen MR) is 67.8 cm³/mol. The molecule has 1 saturated heterocycles. The summed E-state index contributed by atoms with van der Waals surface area (Å²) in [5.41, 5.74) is 2.87. The fraction of sp³-hybridized carbons (Fsp3) is 0.600. The molecule has 1 fully saturated rings. The van der Waals surface area contributed by atoms with Gasteiger partial charge >= 0.3 is 0 Å². The van der Waals surface area contributed by atoms with Gasteiger partial charge in [0.05, 0.1) is 12.2 Å². The van der Waals surface area contributed by atoms with E-state index in [4.69, 9.17) is 4.74 Å². The van der Waals surface area contributed by atoms with Crippen molar-refractivity contribution in [1.29, 1.82) is 0 Å². The Morgan fingerprint density at radius 1 is 1.12 bits per heavy atom. The Kier molecular flexibility index (Phi) is 3.65. The normalized spacial score (nSPS) is 23.8. The Morgan fingerprint density at radius 3 is 2.31 bits per heavy atom. The molecule has 0 aliphatic carbocycles. The van der Waals surface area contributed by atoms with Crippen LogP contribution in [0.5, 0.6) is 0 Å². The number of ether oxygens (including phenoxy) is 1. The van der Waals surface area contributed by atoms with Crippen LogP contribution in [0.1, 0.15) is 50.7 Å². The molecule has 0 amide bonds. The van der Waals surface area contributed by atoms with Crippen LogP contribution < -0.4 is 0 Å². The molecule has 1 heterocycles. The largest absolute Gasteiger partial charge is 0.370 e. The number of benzene rings is 1. The third kappa shape index (κ3) is 2.85. The second-order valence-electron chi connectivity index (χ2n) is 5.06. The van der Waals surface area contributed by atoms with Gasteiger partial charge < -0.3 is 4.74 Å². The zero-order valence-corrected chi connectivity index (χ0v) is 10.6. The van der Waals surface area contributed by atoms with Crippen LogP contribution in [0.2, 0.25) is 0 Å². The molecule has 2 atom stereocenters. The third-order valence-electron chi connectivity index (χ3n) is 3.45. The molecule has 0 radical (unpaired) electrons. The molecule has 1 nitrogen and oxygen atoms in total. The molecule has 0 saturated carbocycles. The second-order valence-corrected chi connectivity index (χ2v) is 5.06. The average Bonchev–Trinajstić information content (AvgIpc) is 3.05. The van der Waals surface area contributed by atoms with Crippen molar-refractivity contribution in [3.05, 3.63) is 35.4 Å². The molecule has 1 aliphatic rings. The highest BCUT2D eigenvalue weighted by Gasteiger charge is 2.35. The van der Waals surface area contributed by atoms with E-state index in [1.807, 2.05) is 0 Å². The molecule has 1 heteroatoms. The number of hydrogen-bond acceptors (Lipinski definition) is 1. The monoisotopic (exact) mass is 218 g/mol. The summed E-state index contributed by atoms with van der Waals surface area (Å²) in [6, 6.07) is 9.04. The molecule has 0 N–H and O–H groups in total. The van der Waals surface area contributed by atoms with Crippen LogP contribution in [-0.4, -0.2) is 12.2 Å². The van der Waals surface area contributed by atoms with E-state index in [2.05, 4.69) is 45.0 Å². The Labute approximate surface area is 98.8 Å². The summed E-state index contributed by atoms with van der Waals surface area (Å²) in [5, 5.41) is 0. The topological polar surface area (TPSA) is 12.5 Å². The first-order chi connectivity index (χ1) is 7.70. The van der Waals surface area contributed by atoms with Crippen LogP contribution in [0.3, 0.4) is 0 Å². The molecular weight excluding hydrogens is 196 g/mol. The standard InChI is InChI=1S/C15H22O/c1-4-14-15(16-14)10-7-12-5-8-13(9-6-12)11(2)3/h5-6,8-9,11,14-15H,4,7,10H2,1-3H3. The lowest BCUT2D eigenvalue weighted by molar-refractivity contribution is 0.360. The van der Waals surface area contributed by atoms with Gasteiger partial charge in [-0.15, -0.1) is 0 Å². The summed E-state index contributed by atoms with van der Waals surface area (Å²) in [6.45, 7) is 6.67. The molecule has 2 unspecified atom stereocenters. The molecular formula is C15H22O. The summed E-state index contributed by atoms with van der Waals surface area (Å²) in [5.74, 6) is 0.630. The zero-order valence-electron chi connectivity index (χ0n) is 10.6. The third-order valence-corrected chi connectivity index (χ3v) is 3.45. The molecule has 2 rings (SSSR count). The van der Waals surface area contributed by atoms with Gasteiger partial charge in [0.15, 0.2) is 0 Å². The van der Waals surface area contributed by atoms with E-state index in [1.165, 1.54) is 17.5 Å². The van der Waals surface area contributed by atoms with E-state index >= 15 is 0 Å². The number of epoxide rings is 1. The summed E-state index contributed by atoms with van der Waals surface area (Å²) >= 11 is 0. The molecule has 1 aromatic carbocycles. The Balaban J connectivity index is 1.81. The van der Waals surface area contributed by atoms with Gasteiger partial charge in [-0.25, -0.2) is 0 Å². The lowest BCUT2D eigenvalue weighted by Crippen LogP contribution is -1.96. The number of aryl methyl sites for hydroxylation is 1. The first kappa shape index (κ1) is 11.7. The first-order valence-corrected chi connectivity index (χ1v) is 6.45. The van der Waals surface area contributed by atoms with Crippen molar-refractivity contribution in [1.82, 2.24) is 0 Å². The van der Waals surface area contributed by atoms with Crippen LogP contribution in [-0.2, 0) is 11.2 Å². The van der Waals surface area contributed by atoms with Crippen molar-refractivity contribution in [2.45, 2.75) is 58.2 Å². The summed E-state index contributed by atoms with van der Waals surface area (Å²) in [6.07, 6.45) is 4.58. The van der Waals surface area contributed by atoms with Crippen LogP contribution >= 0.6 is 0 Å². The SMILES string of the molecule is CCC1OC1CCc1ccc(C(C)C)cc1. The maximum atomic E-state index is 5.55. The highest BCUT2D eigenvalue weighted by molar-refractivity contribution is 5.24. The maximum absolute atomic E-state index is 5.55. The number of rotatable bonds is 5. The highest BCUT2D eigenvalue weighted by atomic mass is 16.6. The van der Waals surface area contributed by atoms with Crippen LogP contribution in [0.15, 0.2) is 24.3 Å². The lowest BCUT2D eigenvalue weighted by Gasteiger charge is -2.06. The van der Waals surface area contributed by atoms with Crippen LogP contribution in [0, 0.1) is 0 Å². The highest BCUT2D eigenvalue weighted by Crippen LogP contribution is 2.29. The maximum Gasteiger partial charge on any atom is 0.0845 e. The summed E-state index contributed by atoms with van der Waals surface area (Å²) < 4.78 is 5.55. The zero-order chi connectivity index (χ0) is 11.5. The fourth-order valence-electron chi connectivity index (χ4n) is 2.17. The molecule has 0 aromatic heterocycles. The second kappa shape index (κ2) is 5.01. The van der Waals surface area contributed by atoms with E-state index in [1.54, 1.807) is 0 Å². The van der Waals surface area contributed by atoms with Crippen molar-refractivity contribution in [2.24, 2.45) is 0 Å². The summed E-state index contributed by atoms with van der Waals surface area (Å²) in [7, 11) is 0. The Bertz CT molecular complexity index is 326. The van der Waals surface area contributed by atoms with Crippen molar-refractivity contribution >= 4 is 0 Å². The average molecular weight is 218 g/mol. The smallest absolute Gasteiger partial charge is 0.0845 e. The van der Waals surface area contributed by atoms with E-state index in [9.17, 15) is 0 Å². The van der Waals surface area contributed by atoms with Gasteiger partial charge in [-0.3, -0.25) is 0 Å². The van der Waals surface area contributed by atoms with E-state index in [0.717, 1.165) is 12.8 Å². The van der Waals surface area contributed by atoms with Gasteiger partial charge in [-0.05, 0) is 36.3 Å². The van der Waals surface area contributed by atoms with Crippen LogP contribution in [0.4, 0.5) is 0 Å². The minimum atomic E-state index is 0.537. The Morgan fingerprint density at radius 2 is 1.81 bits per heavy atom. The van der Waals surface area contributed by atoms with Crippen molar-refractivity contribution in [3.63, 3.8) is 0 Å². The van der Waals surface area contributed by atoms with E-state index in [-0.39, 0.29) is 0 Å². The minimum absolute atomic E-state index is 0.537. The van der Waals surface area contributed by atoms with E-state index in [0.29, 0.717) is 18.1 Å². The van der Waals surface area contributed by atoms with Gasteiger partial charge in [0, 0.05) is 0 Å². The molecule has 0 spiro atoms. The molecule has 1 aliphatic heterocycles.